The first kappa shape index (κ1) is 34.4. The fraction of sp³-hybridized carbons (Fsp3) is 0.585. The van der Waals surface area contributed by atoms with Crippen LogP contribution in [0.3, 0.4) is 0 Å². The standard InChI is InChI=1S/C41H50O7/c1-8-25-13-14-26(18-27(25)17-24-11-9-22(4)10-12-24)28-15-16-30(43)32-29(28)19-39(6)20-40(7)33(21(2)3)35(44)31(23(5)42)37(46)41(40,48)38(47)34(39)36(32)45/h13-16,18,21-22,24,31,33-34,43,48H,8-12,17,19-20H2,1-7H3/t22?,24?,31?,33?,34?,39-,40-,41+/m1/s1. The summed E-state index contributed by atoms with van der Waals surface area (Å²) in [5.74, 6) is -7.39. The summed E-state index contributed by atoms with van der Waals surface area (Å²) in [5, 5.41) is 23.4. The first-order valence-corrected chi connectivity index (χ1v) is 17.9. The van der Waals surface area contributed by atoms with E-state index in [-0.39, 0.29) is 30.1 Å². The molecule has 4 aliphatic rings. The summed E-state index contributed by atoms with van der Waals surface area (Å²) >= 11 is 0. The average Bonchev–Trinajstić information content (AvgIpc) is 3.00. The number of hydrogen-bond acceptors (Lipinski definition) is 7. The smallest absolute Gasteiger partial charge is 0.190 e. The van der Waals surface area contributed by atoms with Gasteiger partial charge in [-0.05, 0) is 103 Å². The van der Waals surface area contributed by atoms with Gasteiger partial charge in [-0.3, -0.25) is 24.0 Å². The number of rotatable bonds is 6. The van der Waals surface area contributed by atoms with Gasteiger partial charge in [0.2, 0.25) is 0 Å². The number of fused-ring (bicyclic) bond motifs is 3. The lowest BCUT2D eigenvalue weighted by molar-refractivity contribution is -0.205. The molecular formula is C41H50O7. The van der Waals surface area contributed by atoms with E-state index in [0.29, 0.717) is 11.5 Å². The molecule has 2 N–H and O–H groups in total. The molecule has 3 unspecified atom stereocenters. The van der Waals surface area contributed by atoms with E-state index in [1.165, 1.54) is 42.9 Å². The number of Topliss-reactive ketones (excluding diaryl/α,β-unsaturated/α-hetero) is 5. The highest BCUT2D eigenvalue weighted by Gasteiger charge is 2.76. The van der Waals surface area contributed by atoms with Crippen LogP contribution in [-0.4, -0.2) is 44.7 Å². The molecule has 0 heterocycles. The fourth-order valence-corrected chi connectivity index (χ4v) is 10.6. The maximum absolute atomic E-state index is 14.6. The Morgan fingerprint density at radius 2 is 1.62 bits per heavy atom. The van der Waals surface area contributed by atoms with Crippen LogP contribution in [0.25, 0.3) is 11.1 Å². The van der Waals surface area contributed by atoms with E-state index in [9.17, 15) is 34.2 Å². The Labute approximate surface area is 283 Å². The number of aromatic hydroxyl groups is 1. The summed E-state index contributed by atoms with van der Waals surface area (Å²) < 4.78 is 0. The van der Waals surface area contributed by atoms with E-state index in [2.05, 4.69) is 32.0 Å². The van der Waals surface area contributed by atoms with Crippen molar-refractivity contribution in [1.82, 2.24) is 0 Å². The number of aliphatic hydroxyl groups is 1. The van der Waals surface area contributed by atoms with E-state index in [1.54, 1.807) is 20.8 Å². The molecule has 2 aromatic carbocycles. The zero-order chi connectivity index (χ0) is 35.1. The summed E-state index contributed by atoms with van der Waals surface area (Å²) in [6, 6.07) is 9.78. The molecule has 48 heavy (non-hydrogen) atoms. The number of carbonyl (C=O) groups excluding carboxylic acids is 5. The second-order valence-corrected chi connectivity index (χ2v) is 16.5. The van der Waals surface area contributed by atoms with Crippen LogP contribution in [0.15, 0.2) is 30.3 Å². The van der Waals surface area contributed by atoms with Crippen LogP contribution < -0.4 is 0 Å². The fourth-order valence-electron chi connectivity index (χ4n) is 10.6. The number of phenolic OH excluding ortho intramolecular Hbond substituents is 1. The van der Waals surface area contributed by atoms with E-state index in [0.717, 1.165) is 36.8 Å². The summed E-state index contributed by atoms with van der Waals surface area (Å²) in [7, 11) is 0. The number of phenols is 1. The molecule has 0 amide bonds. The van der Waals surface area contributed by atoms with Crippen LogP contribution in [0.1, 0.15) is 108 Å². The zero-order valence-corrected chi connectivity index (χ0v) is 29.4. The number of benzene rings is 2. The highest BCUT2D eigenvalue weighted by Crippen LogP contribution is 2.64. The van der Waals surface area contributed by atoms with Gasteiger partial charge in [0.25, 0.3) is 0 Å². The quantitative estimate of drug-likeness (QED) is 0.333. The highest BCUT2D eigenvalue weighted by molar-refractivity contribution is 6.32. The average molecular weight is 655 g/mol. The summed E-state index contributed by atoms with van der Waals surface area (Å²) in [6.07, 6.45) is 7.10. The van der Waals surface area contributed by atoms with Gasteiger partial charge in [-0.15, -0.1) is 0 Å². The van der Waals surface area contributed by atoms with Gasteiger partial charge in [0.1, 0.15) is 17.5 Å². The zero-order valence-electron chi connectivity index (χ0n) is 29.4. The predicted molar refractivity (Wildman–Crippen MR) is 183 cm³/mol. The van der Waals surface area contributed by atoms with Crippen molar-refractivity contribution in [2.75, 3.05) is 0 Å². The Morgan fingerprint density at radius 1 is 0.958 bits per heavy atom. The molecule has 6 rings (SSSR count). The van der Waals surface area contributed by atoms with Crippen LogP contribution in [0.4, 0.5) is 0 Å². The monoisotopic (exact) mass is 654 g/mol. The normalized spacial score (nSPS) is 34.9. The molecule has 0 aliphatic heterocycles. The van der Waals surface area contributed by atoms with Crippen LogP contribution in [0.2, 0.25) is 0 Å². The van der Waals surface area contributed by atoms with Crippen molar-refractivity contribution >= 4 is 28.9 Å². The van der Waals surface area contributed by atoms with E-state index < -0.39 is 63.1 Å². The van der Waals surface area contributed by atoms with Crippen molar-refractivity contribution in [1.29, 1.82) is 0 Å². The summed E-state index contributed by atoms with van der Waals surface area (Å²) in [5.41, 5.74) is -0.269. The lowest BCUT2D eigenvalue weighted by Gasteiger charge is -2.61. The van der Waals surface area contributed by atoms with Gasteiger partial charge in [0, 0.05) is 11.3 Å². The Hall–Kier alpha value is -3.45. The molecule has 4 aliphatic carbocycles. The van der Waals surface area contributed by atoms with Crippen molar-refractivity contribution in [2.45, 2.75) is 105 Å². The molecule has 0 saturated heterocycles. The maximum Gasteiger partial charge on any atom is 0.190 e. The number of carbonyl (C=O) groups is 5. The number of hydrogen-bond donors (Lipinski definition) is 2. The van der Waals surface area contributed by atoms with Crippen molar-refractivity contribution in [3.8, 4) is 16.9 Å². The van der Waals surface area contributed by atoms with Crippen molar-refractivity contribution in [2.24, 2.45) is 46.3 Å². The highest BCUT2D eigenvalue weighted by atomic mass is 16.3. The third-order valence-electron chi connectivity index (χ3n) is 12.8. The third-order valence-corrected chi connectivity index (χ3v) is 12.8. The molecule has 3 saturated carbocycles. The molecule has 6 atom stereocenters. The van der Waals surface area contributed by atoms with Crippen molar-refractivity contribution < 1.29 is 34.2 Å². The molecule has 3 fully saturated rings. The van der Waals surface area contributed by atoms with Gasteiger partial charge in [-0.2, -0.15) is 0 Å². The molecule has 0 aromatic heterocycles. The topological polar surface area (TPSA) is 126 Å². The second kappa shape index (κ2) is 11.9. The molecular weight excluding hydrogens is 604 g/mol. The van der Waals surface area contributed by atoms with E-state index >= 15 is 0 Å². The lowest BCUT2D eigenvalue weighted by Crippen LogP contribution is -2.76. The summed E-state index contributed by atoms with van der Waals surface area (Å²) in [4.78, 5) is 69.5. The second-order valence-electron chi connectivity index (χ2n) is 16.5. The number of ketones is 5. The van der Waals surface area contributed by atoms with Crippen LogP contribution in [-0.2, 0) is 38.4 Å². The Balaban J connectivity index is 1.47. The van der Waals surface area contributed by atoms with E-state index in [1.807, 2.05) is 13.0 Å². The first-order valence-electron chi connectivity index (χ1n) is 17.9. The minimum Gasteiger partial charge on any atom is -0.507 e. The minimum absolute atomic E-state index is 0.0399. The molecule has 7 nitrogen and oxygen atoms in total. The SMILES string of the molecule is CCc1ccc(-c2ccc(O)c3c2C[C@]2(C)C[C@]4(C)C(C(C)C)C(=O)C(C(C)=O)C(=O)[C@]4(O)C(=O)C2C3=O)cc1CC1CCC(C)CC1. The molecule has 0 bridgehead atoms. The van der Waals surface area contributed by atoms with Gasteiger partial charge in [-0.1, -0.05) is 78.6 Å². The van der Waals surface area contributed by atoms with Gasteiger partial charge < -0.3 is 10.2 Å². The Kier molecular flexibility index (Phi) is 8.50. The van der Waals surface area contributed by atoms with Crippen LogP contribution in [0, 0.1) is 46.3 Å². The summed E-state index contributed by atoms with van der Waals surface area (Å²) in [6.45, 7) is 12.6. The van der Waals surface area contributed by atoms with Crippen molar-refractivity contribution in [3.05, 3.63) is 52.6 Å². The predicted octanol–water partition coefficient (Wildman–Crippen LogP) is 6.69. The van der Waals surface area contributed by atoms with Gasteiger partial charge in [-0.25, -0.2) is 0 Å². The van der Waals surface area contributed by atoms with Crippen LogP contribution >= 0.6 is 0 Å². The maximum atomic E-state index is 14.6. The van der Waals surface area contributed by atoms with Crippen LogP contribution in [0.5, 0.6) is 5.75 Å². The molecule has 0 spiro atoms. The molecule has 0 radical (unpaired) electrons. The van der Waals surface area contributed by atoms with Gasteiger partial charge in [0.15, 0.2) is 28.7 Å². The van der Waals surface area contributed by atoms with Gasteiger partial charge in [0.05, 0.1) is 11.5 Å². The Bertz CT molecular complexity index is 1730. The van der Waals surface area contributed by atoms with Crippen molar-refractivity contribution in [3.63, 3.8) is 0 Å². The minimum atomic E-state index is -2.70. The third kappa shape index (κ3) is 4.89. The number of aryl methyl sites for hydroxylation is 1. The molecule has 256 valence electrons. The van der Waals surface area contributed by atoms with Gasteiger partial charge >= 0.3 is 0 Å². The Morgan fingerprint density at radius 3 is 2.23 bits per heavy atom. The lowest BCUT2D eigenvalue weighted by atomic mass is 9.40. The first-order chi connectivity index (χ1) is 22.5. The molecule has 7 heteroatoms. The largest absolute Gasteiger partial charge is 0.507 e. The molecule has 2 aromatic rings. The van der Waals surface area contributed by atoms with E-state index in [4.69, 9.17) is 0 Å².